The molecule has 1 atom stereocenters. The van der Waals surface area contributed by atoms with Crippen molar-refractivity contribution >= 4 is 29.9 Å². The first-order chi connectivity index (χ1) is 13.1. The second kappa shape index (κ2) is 13.5. The average Bonchev–Trinajstić information content (AvgIpc) is 3.13. The van der Waals surface area contributed by atoms with Gasteiger partial charge in [-0.1, -0.05) is 32.0 Å². The number of benzene rings is 1. The van der Waals surface area contributed by atoms with Crippen LogP contribution in [0.4, 0.5) is 0 Å². The smallest absolute Gasteiger partial charge is 0.191 e. The lowest BCUT2D eigenvalue weighted by molar-refractivity contribution is 0.243. The summed E-state index contributed by atoms with van der Waals surface area (Å²) < 4.78 is 1.87. The van der Waals surface area contributed by atoms with E-state index in [1.54, 1.807) is 0 Å². The Bertz CT molecular complexity index is 687. The van der Waals surface area contributed by atoms with Gasteiger partial charge in [-0.3, -0.25) is 0 Å². The number of guanidine groups is 1. The highest BCUT2D eigenvalue weighted by Gasteiger charge is 2.11. The van der Waals surface area contributed by atoms with Gasteiger partial charge in [0.1, 0.15) is 0 Å². The van der Waals surface area contributed by atoms with Crippen LogP contribution in [-0.2, 0) is 6.54 Å². The van der Waals surface area contributed by atoms with Gasteiger partial charge in [0, 0.05) is 31.5 Å². The lowest BCUT2D eigenvalue weighted by Gasteiger charge is -2.20. The SMILES string of the molecule is CCNC(=NCc1cnn(-c2ccccc2)c1)NCC(CCO)CC(C)C.I. The maximum Gasteiger partial charge on any atom is 0.191 e. The summed E-state index contributed by atoms with van der Waals surface area (Å²) in [6.45, 7) is 8.91. The van der Waals surface area contributed by atoms with Crippen LogP contribution in [0.25, 0.3) is 5.69 Å². The van der Waals surface area contributed by atoms with Crippen molar-refractivity contribution in [3.63, 3.8) is 0 Å². The second-order valence-electron chi connectivity index (χ2n) is 7.21. The maximum absolute atomic E-state index is 9.28. The molecule has 0 radical (unpaired) electrons. The van der Waals surface area contributed by atoms with Gasteiger partial charge in [-0.25, -0.2) is 9.67 Å². The fourth-order valence-electron chi connectivity index (χ4n) is 3.07. The molecule has 2 rings (SSSR count). The standard InChI is InChI=1S/C21H33N5O.HI/c1-4-22-21(23-13-18(10-11-27)12-17(2)3)24-14-19-15-25-26(16-19)20-8-6-5-7-9-20;/h5-9,15-18,27H,4,10-14H2,1-3H3,(H2,22,23,24);1H. The minimum absolute atomic E-state index is 0. The van der Waals surface area contributed by atoms with Crippen LogP contribution >= 0.6 is 24.0 Å². The summed E-state index contributed by atoms with van der Waals surface area (Å²) in [6, 6.07) is 10.1. The summed E-state index contributed by atoms with van der Waals surface area (Å²) in [5, 5.41) is 20.4. The molecule has 0 amide bonds. The highest BCUT2D eigenvalue weighted by molar-refractivity contribution is 14.0. The van der Waals surface area contributed by atoms with Crippen molar-refractivity contribution in [2.24, 2.45) is 16.8 Å². The first kappa shape index (κ1) is 24.4. The lowest BCUT2D eigenvalue weighted by Crippen LogP contribution is -2.40. The molecule has 1 aromatic carbocycles. The number of hydrogen-bond acceptors (Lipinski definition) is 3. The molecular weight excluding hydrogens is 465 g/mol. The summed E-state index contributed by atoms with van der Waals surface area (Å²) in [6.07, 6.45) is 5.77. The van der Waals surface area contributed by atoms with E-state index in [-0.39, 0.29) is 30.6 Å². The first-order valence-electron chi connectivity index (χ1n) is 9.84. The Kier molecular flexibility index (Phi) is 11.8. The third kappa shape index (κ3) is 8.60. The van der Waals surface area contributed by atoms with Gasteiger partial charge in [0.15, 0.2) is 5.96 Å². The molecule has 156 valence electrons. The van der Waals surface area contributed by atoms with E-state index in [2.05, 4.69) is 41.5 Å². The van der Waals surface area contributed by atoms with Gasteiger partial charge >= 0.3 is 0 Å². The number of rotatable bonds is 10. The van der Waals surface area contributed by atoms with Crippen molar-refractivity contribution in [2.75, 3.05) is 19.7 Å². The fraction of sp³-hybridized carbons (Fsp3) is 0.524. The summed E-state index contributed by atoms with van der Waals surface area (Å²) in [5.41, 5.74) is 2.10. The minimum Gasteiger partial charge on any atom is -0.396 e. The van der Waals surface area contributed by atoms with Crippen LogP contribution in [0.2, 0.25) is 0 Å². The quantitative estimate of drug-likeness (QED) is 0.266. The lowest BCUT2D eigenvalue weighted by atomic mass is 9.94. The van der Waals surface area contributed by atoms with Gasteiger partial charge < -0.3 is 15.7 Å². The number of aliphatic imine (C=N–C) groups is 1. The van der Waals surface area contributed by atoms with E-state index in [9.17, 15) is 5.11 Å². The zero-order chi connectivity index (χ0) is 19.5. The molecule has 28 heavy (non-hydrogen) atoms. The number of aromatic nitrogens is 2. The van der Waals surface area contributed by atoms with Gasteiger partial charge in [-0.2, -0.15) is 5.10 Å². The van der Waals surface area contributed by atoms with Crippen LogP contribution in [0.3, 0.4) is 0 Å². The first-order valence-corrected chi connectivity index (χ1v) is 9.84. The minimum atomic E-state index is 0. The molecular formula is C21H34IN5O. The van der Waals surface area contributed by atoms with Crippen molar-refractivity contribution < 1.29 is 5.11 Å². The van der Waals surface area contributed by atoms with Crippen LogP contribution in [0, 0.1) is 11.8 Å². The zero-order valence-electron chi connectivity index (χ0n) is 17.1. The molecule has 1 unspecified atom stereocenters. The molecule has 0 saturated carbocycles. The predicted molar refractivity (Wildman–Crippen MR) is 126 cm³/mol. The predicted octanol–water partition coefficient (Wildman–Crippen LogP) is 3.59. The number of hydrogen-bond donors (Lipinski definition) is 3. The normalized spacial score (nSPS) is 12.5. The summed E-state index contributed by atoms with van der Waals surface area (Å²) in [5.74, 6) is 1.86. The molecule has 0 spiro atoms. The molecule has 6 nitrogen and oxygen atoms in total. The van der Waals surface area contributed by atoms with Crippen molar-refractivity contribution in [3.05, 3.63) is 48.3 Å². The van der Waals surface area contributed by atoms with Crippen LogP contribution in [0.1, 0.15) is 39.2 Å². The number of nitrogens with one attached hydrogen (secondary N) is 2. The van der Waals surface area contributed by atoms with Crippen molar-refractivity contribution in [2.45, 2.75) is 40.2 Å². The number of halogens is 1. The monoisotopic (exact) mass is 499 g/mol. The van der Waals surface area contributed by atoms with E-state index in [1.807, 2.05) is 47.4 Å². The second-order valence-corrected chi connectivity index (χ2v) is 7.21. The van der Waals surface area contributed by atoms with Crippen LogP contribution < -0.4 is 10.6 Å². The molecule has 2 aromatic rings. The third-order valence-electron chi connectivity index (χ3n) is 4.32. The Labute approximate surface area is 185 Å². The van der Waals surface area contributed by atoms with E-state index < -0.39 is 0 Å². The van der Waals surface area contributed by atoms with E-state index in [0.717, 1.165) is 43.1 Å². The summed E-state index contributed by atoms with van der Waals surface area (Å²) in [7, 11) is 0. The number of aliphatic hydroxyl groups is 1. The van der Waals surface area contributed by atoms with Gasteiger partial charge in [-0.15, -0.1) is 24.0 Å². The zero-order valence-corrected chi connectivity index (χ0v) is 19.5. The molecule has 0 bridgehead atoms. The molecule has 0 aliphatic heterocycles. The molecule has 0 aliphatic rings. The van der Waals surface area contributed by atoms with Crippen LogP contribution in [0.15, 0.2) is 47.7 Å². The Hall–Kier alpha value is -1.61. The van der Waals surface area contributed by atoms with Crippen molar-refractivity contribution in [1.29, 1.82) is 0 Å². The summed E-state index contributed by atoms with van der Waals surface area (Å²) in [4.78, 5) is 4.68. The van der Waals surface area contributed by atoms with Gasteiger partial charge in [0.25, 0.3) is 0 Å². The Morgan fingerprint density at radius 2 is 1.96 bits per heavy atom. The Morgan fingerprint density at radius 3 is 2.61 bits per heavy atom. The highest BCUT2D eigenvalue weighted by atomic mass is 127. The third-order valence-corrected chi connectivity index (χ3v) is 4.32. The Morgan fingerprint density at radius 1 is 1.21 bits per heavy atom. The maximum atomic E-state index is 9.28. The van der Waals surface area contributed by atoms with Gasteiger partial charge in [0.2, 0.25) is 0 Å². The van der Waals surface area contributed by atoms with Crippen molar-refractivity contribution in [1.82, 2.24) is 20.4 Å². The summed E-state index contributed by atoms with van der Waals surface area (Å²) >= 11 is 0. The molecule has 0 aliphatic carbocycles. The molecule has 0 saturated heterocycles. The van der Waals surface area contributed by atoms with Gasteiger partial charge in [-0.05, 0) is 43.7 Å². The molecule has 7 heteroatoms. The van der Waals surface area contributed by atoms with E-state index in [4.69, 9.17) is 0 Å². The highest BCUT2D eigenvalue weighted by Crippen LogP contribution is 2.14. The number of nitrogens with zero attached hydrogens (tertiary/aromatic N) is 3. The molecule has 1 heterocycles. The van der Waals surface area contributed by atoms with Crippen LogP contribution in [-0.4, -0.2) is 40.5 Å². The number of aliphatic hydroxyl groups excluding tert-OH is 1. The van der Waals surface area contributed by atoms with Crippen molar-refractivity contribution in [3.8, 4) is 5.69 Å². The van der Waals surface area contributed by atoms with E-state index >= 15 is 0 Å². The van der Waals surface area contributed by atoms with Crippen LogP contribution in [0.5, 0.6) is 0 Å². The van der Waals surface area contributed by atoms with E-state index in [0.29, 0.717) is 18.4 Å². The average molecular weight is 499 g/mol. The molecule has 1 aromatic heterocycles. The van der Waals surface area contributed by atoms with Gasteiger partial charge in [0.05, 0.1) is 18.4 Å². The van der Waals surface area contributed by atoms with E-state index in [1.165, 1.54) is 0 Å². The molecule has 3 N–H and O–H groups in total. The fourth-order valence-corrected chi connectivity index (χ4v) is 3.07. The topological polar surface area (TPSA) is 74.5 Å². The largest absolute Gasteiger partial charge is 0.396 e. The Balaban J connectivity index is 0.00000392. The number of para-hydroxylation sites is 1. The molecule has 0 fully saturated rings.